The minimum atomic E-state index is -3.63. The van der Waals surface area contributed by atoms with E-state index in [1.54, 1.807) is 0 Å². The van der Waals surface area contributed by atoms with Crippen molar-refractivity contribution in [2.24, 2.45) is 5.73 Å². The van der Waals surface area contributed by atoms with Gasteiger partial charge in [0.1, 0.15) is 0 Å². The van der Waals surface area contributed by atoms with Crippen LogP contribution in [0.3, 0.4) is 0 Å². The molecule has 0 saturated carbocycles. The highest BCUT2D eigenvalue weighted by atomic mass is 28.4. The largest absolute Gasteiger partial charge is 0.705 e. The molecule has 0 aliphatic heterocycles. The van der Waals surface area contributed by atoms with Gasteiger partial charge in [-0.05, 0) is 13.0 Å². The van der Waals surface area contributed by atoms with Gasteiger partial charge in [-0.1, -0.05) is 0 Å². The van der Waals surface area contributed by atoms with Crippen LogP contribution in [0.4, 0.5) is 0 Å². The number of carbonyl (C=O) groups is 3. The summed E-state index contributed by atoms with van der Waals surface area (Å²) in [5.41, 5.74) is 5.33. The summed E-state index contributed by atoms with van der Waals surface area (Å²) in [6, 6.07) is 0.127. The molecule has 0 aliphatic carbocycles. The van der Waals surface area contributed by atoms with Gasteiger partial charge in [0.25, 0.3) is 17.9 Å². The summed E-state index contributed by atoms with van der Waals surface area (Å²) in [4.78, 5) is 33.0. The molecule has 0 aromatic rings. The molecule has 0 atom stereocenters. The number of rotatable bonds is 6. The monoisotopic (exact) mass is 263 g/mol. The number of nitrogens with two attached hydrogens (primary N) is 1. The first-order chi connectivity index (χ1) is 7.81. The molecule has 17 heavy (non-hydrogen) atoms. The highest BCUT2D eigenvalue weighted by molar-refractivity contribution is 6.65. The molecule has 0 radical (unpaired) electrons. The summed E-state index contributed by atoms with van der Waals surface area (Å²) >= 11 is 0. The fraction of sp³-hybridized carbons (Fsp3) is 0.667. The van der Waals surface area contributed by atoms with Crippen LogP contribution in [-0.4, -0.2) is 33.3 Å². The first kappa shape index (κ1) is 15.6. The van der Waals surface area contributed by atoms with E-state index in [0.29, 0.717) is 13.0 Å². The molecular weight excluding hydrogens is 246 g/mol. The van der Waals surface area contributed by atoms with Crippen LogP contribution in [0, 0.1) is 0 Å². The standard InChI is InChI=1S/C9H17NO6Si/c1-7(11)14-17(6-4-5-10,15-8(2)12)16-9(3)13/h4-6,10H2,1-3H3. The van der Waals surface area contributed by atoms with Crippen molar-refractivity contribution in [2.45, 2.75) is 33.2 Å². The number of hydrogen-bond donors (Lipinski definition) is 1. The summed E-state index contributed by atoms with van der Waals surface area (Å²) in [5.74, 6) is -2.01. The van der Waals surface area contributed by atoms with Crippen LogP contribution in [0.2, 0.25) is 6.04 Å². The lowest BCUT2D eigenvalue weighted by Crippen LogP contribution is -2.49. The Balaban J connectivity index is 4.95. The van der Waals surface area contributed by atoms with Crippen molar-refractivity contribution in [3.8, 4) is 0 Å². The zero-order valence-corrected chi connectivity index (χ0v) is 11.1. The quantitative estimate of drug-likeness (QED) is 0.670. The van der Waals surface area contributed by atoms with Gasteiger partial charge in [-0.2, -0.15) is 0 Å². The van der Waals surface area contributed by atoms with E-state index in [1.807, 2.05) is 0 Å². The van der Waals surface area contributed by atoms with E-state index < -0.39 is 26.7 Å². The van der Waals surface area contributed by atoms with E-state index in [1.165, 1.54) is 0 Å². The maximum absolute atomic E-state index is 11.0. The Morgan fingerprint density at radius 3 is 1.53 bits per heavy atom. The third-order valence-electron chi connectivity index (χ3n) is 1.58. The third kappa shape index (κ3) is 6.69. The fourth-order valence-corrected chi connectivity index (χ4v) is 3.57. The van der Waals surface area contributed by atoms with Crippen molar-refractivity contribution in [3.05, 3.63) is 0 Å². The molecule has 0 saturated heterocycles. The maximum atomic E-state index is 11.0. The van der Waals surface area contributed by atoms with Gasteiger partial charge < -0.3 is 19.0 Å². The highest BCUT2D eigenvalue weighted by Gasteiger charge is 2.51. The number of hydrogen-bond acceptors (Lipinski definition) is 7. The van der Waals surface area contributed by atoms with Crippen molar-refractivity contribution in [1.82, 2.24) is 0 Å². The fourth-order valence-electron chi connectivity index (χ4n) is 1.19. The Morgan fingerprint density at radius 1 is 0.941 bits per heavy atom. The lowest BCUT2D eigenvalue weighted by Gasteiger charge is -2.25. The van der Waals surface area contributed by atoms with Crippen LogP contribution < -0.4 is 5.73 Å². The Hall–Kier alpha value is -1.41. The van der Waals surface area contributed by atoms with Crippen LogP contribution in [0.5, 0.6) is 0 Å². The second-order valence-corrected chi connectivity index (χ2v) is 5.83. The van der Waals surface area contributed by atoms with Gasteiger partial charge in [-0.25, -0.2) is 0 Å². The average Bonchev–Trinajstić information content (AvgIpc) is 2.11. The Morgan fingerprint density at radius 2 is 1.29 bits per heavy atom. The maximum Gasteiger partial charge on any atom is 0.705 e. The molecule has 8 heteroatoms. The molecule has 0 aliphatic rings. The van der Waals surface area contributed by atoms with Gasteiger partial charge in [0.05, 0.1) is 6.04 Å². The van der Waals surface area contributed by atoms with Crippen LogP contribution in [-0.2, 0) is 27.7 Å². The second kappa shape index (κ2) is 7.02. The van der Waals surface area contributed by atoms with E-state index in [9.17, 15) is 14.4 Å². The molecule has 7 nitrogen and oxygen atoms in total. The second-order valence-electron chi connectivity index (χ2n) is 3.36. The molecule has 2 N–H and O–H groups in total. The third-order valence-corrected chi connectivity index (χ3v) is 4.35. The summed E-state index contributed by atoms with van der Waals surface area (Å²) in [6.45, 7) is 3.75. The molecule has 0 spiro atoms. The Labute approximate surface area is 101 Å². The summed E-state index contributed by atoms with van der Waals surface area (Å²) < 4.78 is 14.8. The Bertz CT molecular complexity index is 265. The minimum absolute atomic E-state index is 0.127. The van der Waals surface area contributed by atoms with Crippen molar-refractivity contribution < 1.29 is 27.7 Å². The lowest BCUT2D eigenvalue weighted by molar-refractivity contribution is -0.147. The predicted octanol–water partition coefficient (Wildman–Crippen LogP) is -0.0366. The van der Waals surface area contributed by atoms with E-state index in [2.05, 4.69) is 0 Å². The van der Waals surface area contributed by atoms with Crippen molar-refractivity contribution in [2.75, 3.05) is 6.54 Å². The van der Waals surface area contributed by atoms with Gasteiger partial charge >= 0.3 is 8.80 Å². The Kier molecular flexibility index (Phi) is 6.44. The van der Waals surface area contributed by atoms with Gasteiger partial charge in [-0.3, -0.25) is 14.4 Å². The van der Waals surface area contributed by atoms with Crippen LogP contribution in [0.25, 0.3) is 0 Å². The van der Waals surface area contributed by atoms with E-state index in [4.69, 9.17) is 19.0 Å². The molecule has 0 fully saturated rings. The van der Waals surface area contributed by atoms with Crippen molar-refractivity contribution in [3.63, 3.8) is 0 Å². The summed E-state index contributed by atoms with van der Waals surface area (Å²) in [6.07, 6.45) is 0.417. The van der Waals surface area contributed by atoms with Gasteiger partial charge in [0.15, 0.2) is 0 Å². The lowest BCUT2D eigenvalue weighted by atomic mass is 10.5. The van der Waals surface area contributed by atoms with Crippen molar-refractivity contribution in [1.29, 1.82) is 0 Å². The van der Waals surface area contributed by atoms with Gasteiger partial charge in [0.2, 0.25) is 0 Å². The van der Waals surface area contributed by atoms with E-state index >= 15 is 0 Å². The zero-order chi connectivity index (χ0) is 13.5. The molecule has 0 heterocycles. The smallest absolute Gasteiger partial charge is 0.455 e. The summed E-state index contributed by atoms with van der Waals surface area (Å²) in [7, 11) is -3.63. The zero-order valence-electron chi connectivity index (χ0n) is 10.1. The number of carbonyl (C=O) groups excluding carboxylic acids is 3. The van der Waals surface area contributed by atoms with Crippen LogP contribution in [0.15, 0.2) is 0 Å². The molecule has 0 aromatic carbocycles. The molecule has 0 bridgehead atoms. The molecule has 0 amide bonds. The topological polar surface area (TPSA) is 105 Å². The van der Waals surface area contributed by atoms with Crippen LogP contribution >= 0.6 is 0 Å². The molecule has 98 valence electrons. The molecule has 0 rings (SSSR count). The molecular formula is C9H17NO6Si. The van der Waals surface area contributed by atoms with Crippen molar-refractivity contribution >= 4 is 26.7 Å². The van der Waals surface area contributed by atoms with Gasteiger partial charge in [-0.15, -0.1) is 0 Å². The average molecular weight is 263 g/mol. The SMILES string of the molecule is CC(=O)O[Si](CCCN)(OC(C)=O)OC(C)=O. The van der Waals surface area contributed by atoms with Crippen LogP contribution in [0.1, 0.15) is 27.2 Å². The van der Waals surface area contributed by atoms with E-state index in [-0.39, 0.29) is 6.04 Å². The van der Waals surface area contributed by atoms with Gasteiger partial charge in [0, 0.05) is 20.8 Å². The normalized spacial score (nSPS) is 10.6. The molecule has 0 unspecified atom stereocenters. The first-order valence-electron chi connectivity index (χ1n) is 5.10. The van der Waals surface area contributed by atoms with E-state index in [0.717, 1.165) is 20.8 Å². The predicted molar refractivity (Wildman–Crippen MR) is 59.5 cm³/mol. The minimum Gasteiger partial charge on any atom is -0.455 e. The highest BCUT2D eigenvalue weighted by Crippen LogP contribution is 2.18. The summed E-state index contributed by atoms with van der Waals surface area (Å²) in [5, 5.41) is 0. The first-order valence-corrected chi connectivity index (χ1v) is 7.03. The molecule has 0 aromatic heterocycles.